The van der Waals surface area contributed by atoms with Crippen molar-refractivity contribution in [1.82, 2.24) is 4.90 Å². The summed E-state index contributed by atoms with van der Waals surface area (Å²) in [5, 5.41) is 0. The second-order valence-corrected chi connectivity index (χ2v) is 4.99. The highest BCUT2D eigenvalue weighted by Gasteiger charge is 2.20. The topological polar surface area (TPSA) is 59.1 Å². The van der Waals surface area contributed by atoms with Crippen LogP contribution in [-0.4, -0.2) is 56.9 Å². The lowest BCUT2D eigenvalue weighted by Gasteiger charge is -2.34. The zero-order valence-corrected chi connectivity index (χ0v) is 12.4. The predicted molar refractivity (Wildman–Crippen MR) is 78.2 cm³/mol. The quantitative estimate of drug-likeness (QED) is 0.612. The van der Waals surface area contributed by atoms with E-state index in [2.05, 4.69) is 21.6 Å². The molecule has 0 spiro atoms. The number of benzene rings is 1. The fraction of sp³-hybridized carbons (Fsp3) is 0.467. The number of piperazine rings is 1. The largest absolute Gasteiger partial charge is 0.428 e. The van der Waals surface area contributed by atoms with Crippen molar-refractivity contribution in [3.63, 3.8) is 0 Å². The lowest BCUT2D eigenvalue weighted by Crippen LogP contribution is -2.45. The lowest BCUT2D eigenvalue weighted by atomic mass is 10.1. The summed E-state index contributed by atoms with van der Waals surface area (Å²) in [5.74, 6) is -0.957. The molecule has 0 aliphatic carbocycles. The number of likely N-dealkylation sites (N-methyl/N-ethyl adjacent to an activating group) is 1. The molecule has 6 nitrogen and oxygen atoms in total. The van der Waals surface area contributed by atoms with Gasteiger partial charge >= 0.3 is 11.9 Å². The number of nitrogens with zero attached hydrogens (tertiary/aromatic N) is 2. The summed E-state index contributed by atoms with van der Waals surface area (Å²) >= 11 is 0. The van der Waals surface area contributed by atoms with Gasteiger partial charge in [0.2, 0.25) is 6.79 Å². The van der Waals surface area contributed by atoms with Crippen LogP contribution in [0.1, 0.15) is 17.3 Å². The second-order valence-electron chi connectivity index (χ2n) is 4.99. The molecule has 0 atom stereocenters. The van der Waals surface area contributed by atoms with Gasteiger partial charge in [0.05, 0.1) is 11.3 Å². The molecule has 1 aliphatic heterocycles. The summed E-state index contributed by atoms with van der Waals surface area (Å²) in [4.78, 5) is 27.2. The fourth-order valence-electron chi connectivity index (χ4n) is 2.21. The number of para-hydroxylation sites is 1. The van der Waals surface area contributed by atoms with E-state index in [4.69, 9.17) is 4.74 Å². The smallest absolute Gasteiger partial charge is 0.343 e. The van der Waals surface area contributed by atoms with Crippen LogP contribution < -0.4 is 4.90 Å². The molecule has 0 aromatic heterocycles. The Morgan fingerprint density at radius 1 is 1.10 bits per heavy atom. The lowest BCUT2D eigenvalue weighted by molar-refractivity contribution is -0.149. The van der Waals surface area contributed by atoms with Crippen molar-refractivity contribution >= 4 is 17.6 Å². The van der Waals surface area contributed by atoms with Crippen molar-refractivity contribution in [3.8, 4) is 0 Å². The zero-order valence-electron chi connectivity index (χ0n) is 12.4. The van der Waals surface area contributed by atoms with E-state index in [9.17, 15) is 9.59 Å². The van der Waals surface area contributed by atoms with Gasteiger partial charge in [-0.1, -0.05) is 12.1 Å². The molecule has 6 heteroatoms. The molecule has 114 valence electrons. The number of ether oxygens (including phenoxy) is 2. The Hall–Kier alpha value is -2.08. The molecule has 0 unspecified atom stereocenters. The minimum absolute atomic E-state index is 0.356. The van der Waals surface area contributed by atoms with Crippen LogP contribution in [0.15, 0.2) is 24.3 Å². The maximum absolute atomic E-state index is 12.1. The van der Waals surface area contributed by atoms with Gasteiger partial charge in [-0.25, -0.2) is 4.79 Å². The van der Waals surface area contributed by atoms with E-state index >= 15 is 0 Å². The number of esters is 2. The molecule has 1 fully saturated rings. The van der Waals surface area contributed by atoms with Crippen LogP contribution in [0.2, 0.25) is 0 Å². The van der Waals surface area contributed by atoms with E-state index < -0.39 is 11.9 Å². The first-order chi connectivity index (χ1) is 10.1. The molecular formula is C15H20N2O4. The van der Waals surface area contributed by atoms with Crippen LogP contribution in [0.4, 0.5) is 5.69 Å². The Balaban J connectivity index is 2.05. The monoisotopic (exact) mass is 292 g/mol. The SMILES string of the molecule is CC(=O)OCOC(=O)c1ccccc1N1CCN(C)CC1. The molecule has 0 saturated carbocycles. The number of hydrogen-bond acceptors (Lipinski definition) is 6. The van der Waals surface area contributed by atoms with Crippen LogP contribution in [0, 0.1) is 0 Å². The molecule has 1 aromatic rings. The Bertz CT molecular complexity index is 510. The molecule has 0 bridgehead atoms. The number of anilines is 1. The predicted octanol–water partition coefficient (Wildman–Crippen LogP) is 1.12. The third kappa shape index (κ3) is 4.19. The van der Waals surface area contributed by atoms with Crippen LogP contribution in [-0.2, 0) is 14.3 Å². The Morgan fingerprint density at radius 2 is 1.76 bits per heavy atom. The highest BCUT2D eigenvalue weighted by atomic mass is 16.7. The first kappa shape index (κ1) is 15.3. The average Bonchev–Trinajstić information content (AvgIpc) is 2.47. The summed E-state index contributed by atoms with van der Waals surface area (Å²) in [7, 11) is 2.08. The van der Waals surface area contributed by atoms with Crippen molar-refractivity contribution < 1.29 is 19.1 Å². The van der Waals surface area contributed by atoms with Gasteiger partial charge in [0.25, 0.3) is 0 Å². The highest BCUT2D eigenvalue weighted by Crippen LogP contribution is 2.22. The van der Waals surface area contributed by atoms with Gasteiger partial charge < -0.3 is 19.3 Å². The number of carbonyl (C=O) groups is 2. The number of rotatable bonds is 4. The fourth-order valence-corrected chi connectivity index (χ4v) is 2.21. The Kier molecular flexibility index (Phi) is 5.16. The third-order valence-corrected chi connectivity index (χ3v) is 3.42. The van der Waals surface area contributed by atoms with Crippen LogP contribution >= 0.6 is 0 Å². The first-order valence-corrected chi connectivity index (χ1v) is 6.91. The minimum Gasteiger partial charge on any atom is -0.428 e. The molecule has 2 rings (SSSR count). The van der Waals surface area contributed by atoms with Gasteiger partial charge in [0.15, 0.2) is 0 Å². The normalized spacial score (nSPS) is 15.6. The van der Waals surface area contributed by atoms with Crippen molar-refractivity contribution in [1.29, 1.82) is 0 Å². The van der Waals surface area contributed by atoms with E-state index in [1.165, 1.54) is 6.92 Å². The second kappa shape index (κ2) is 7.08. The number of carbonyl (C=O) groups excluding carboxylic acids is 2. The van der Waals surface area contributed by atoms with E-state index in [0.29, 0.717) is 5.56 Å². The van der Waals surface area contributed by atoms with Crippen molar-refractivity contribution in [2.75, 3.05) is 44.9 Å². The van der Waals surface area contributed by atoms with Gasteiger partial charge in [-0.2, -0.15) is 0 Å². The van der Waals surface area contributed by atoms with E-state index in [1.807, 2.05) is 12.1 Å². The maximum Gasteiger partial charge on any atom is 0.343 e. The molecule has 0 amide bonds. The molecule has 1 saturated heterocycles. The summed E-state index contributed by atoms with van der Waals surface area (Å²) in [6.45, 7) is 4.56. The van der Waals surface area contributed by atoms with Gasteiger partial charge in [0.1, 0.15) is 0 Å². The van der Waals surface area contributed by atoms with E-state index in [1.54, 1.807) is 12.1 Å². The molecule has 0 radical (unpaired) electrons. The summed E-state index contributed by atoms with van der Waals surface area (Å²) in [6.07, 6.45) is 0. The first-order valence-electron chi connectivity index (χ1n) is 6.91. The van der Waals surface area contributed by atoms with Crippen LogP contribution in [0.5, 0.6) is 0 Å². The summed E-state index contributed by atoms with van der Waals surface area (Å²) in [6, 6.07) is 7.33. The van der Waals surface area contributed by atoms with E-state index in [-0.39, 0.29) is 6.79 Å². The molecule has 1 heterocycles. The summed E-state index contributed by atoms with van der Waals surface area (Å²) in [5.41, 5.74) is 1.35. The van der Waals surface area contributed by atoms with Crippen LogP contribution in [0.25, 0.3) is 0 Å². The van der Waals surface area contributed by atoms with Crippen molar-refractivity contribution in [2.45, 2.75) is 6.92 Å². The Morgan fingerprint density at radius 3 is 2.43 bits per heavy atom. The highest BCUT2D eigenvalue weighted by molar-refractivity contribution is 5.95. The van der Waals surface area contributed by atoms with Gasteiger partial charge in [-0.05, 0) is 19.2 Å². The van der Waals surface area contributed by atoms with Crippen molar-refractivity contribution in [3.05, 3.63) is 29.8 Å². The van der Waals surface area contributed by atoms with Gasteiger partial charge in [0, 0.05) is 33.1 Å². The van der Waals surface area contributed by atoms with Gasteiger partial charge in [-0.15, -0.1) is 0 Å². The zero-order chi connectivity index (χ0) is 15.2. The maximum atomic E-state index is 12.1. The van der Waals surface area contributed by atoms with Crippen LogP contribution in [0.3, 0.4) is 0 Å². The minimum atomic E-state index is -0.481. The molecule has 1 aliphatic rings. The molecule has 21 heavy (non-hydrogen) atoms. The molecular weight excluding hydrogens is 272 g/mol. The van der Waals surface area contributed by atoms with Crippen molar-refractivity contribution in [2.24, 2.45) is 0 Å². The van der Waals surface area contributed by atoms with Gasteiger partial charge in [-0.3, -0.25) is 4.79 Å². The standard InChI is InChI=1S/C15H20N2O4/c1-12(18)20-11-21-15(19)13-5-3-4-6-14(13)17-9-7-16(2)8-10-17/h3-6H,7-11H2,1-2H3. The third-order valence-electron chi connectivity index (χ3n) is 3.42. The van der Waals surface area contributed by atoms with E-state index in [0.717, 1.165) is 31.9 Å². The summed E-state index contributed by atoms with van der Waals surface area (Å²) < 4.78 is 9.60. The molecule has 1 aromatic carbocycles. The number of hydrogen-bond donors (Lipinski definition) is 0. The average molecular weight is 292 g/mol. The molecule has 0 N–H and O–H groups in total. The Labute approximate surface area is 124 Å².